The Hall–Kier alpha value is -0.900. The largest absolute Gasteiger partial charge is 0.369 e. The maximum atomic E-state index is 11.2. The van der Waals surface area contributed by atoms with E-state index in [1.165, 1.54) is 6.92 Å². The van der Waals surface area contributed by atoms with Gasteiger partial charge in [0.25, 0.3) is 0 Å². The van der Waals surface area contributed by atoms with Gasteiger partial charge in [-0.25, -0.2) is 0 Å². The van der Waals surface area contributed by atoms with Crippen molar-refractivity contribution in [3.8, 4) is 0 Å². The van der Waals surface area contributed by atoms with E-state index in [1.54, 1.807) is 6.92 Å². The van der Waals surface area contributed by atoms with E-state index in [1.807, 2.05) is 0 Å². The van der Waals surface area contributed by atoms with Crippen molar-refractivity contribution >= 4 is 11.7 Å². The Morgan fingerprint density at radius 3 is 2.50 bits per heavy atom. The number of nitrogens with one attached hydrogen (secondary N) is 1. The van der Waals surface area contributed by atoms with E-state index in [0.717, 1.165) is 0 Å². The third kappa shape index (κ3) is 1.22. The second kappa shape index (κ2) is 2.86. The summed E-state index contributed by atoms with van der Waals surface area (Å²) in [5, 5.41) is 3.00. The Balaban J connectivity index is 2.89. The number of nitrogens with two attached hydrogens (primary N) is 1. The lowest BCUT2D eigenvalue weighted by Gasteiger charge is -2.24. The summed E-state index contributed by atoms with van der Waals surface area (Å²) in [6.07, 6.45) is 0. The highest BCUT2D eigenvalue weighted by atomic mass is 16.1. The number of primary amides is 1. The van der Waals surface area contributed by atoms with Gasteiger partial charge in [0.2, 0.25) is 5.91 Å². The Bertz CT molecular complexity index is 227. The first-order chi connectivity index (χ1) is 5.48. The van der Waals surface area contributed by atoms with Gasteiger partial charge in [-0.3, -0.25) is 9.59 Å². The molecule has 1 heterocycles. The second-order valence-corrected chi connectivity index (χ2v) is 3.56. The van der Waals surface area contributed by atoms with Crippen molar-refractivity contribution in [2.75, 3.05) is 13.1 Å². The summed E-state index contributed by atoms with van der Waals surface area (Å²) in [4.78, 5) is 22.2. The molecule has 0 saturated carbocycles. The molecule has 0 spiro atoms. The zero-order chi connectivity index (χ0) is 9.35. The van der Waals surface area contributed by atoms with Crippen LogP contribution in [0.25, 0.3) is 0 Å². The van der Waals surface area contributed by atoms with Crippen molar-refractivity contribution in [2.24, 2.45) is 17.1 Å². The molecule has 1 rings (SSSR count). The van der Waals surface area contributed by atoms with E-state index in [-0.39, 0.29) is 11.7 Å². The molecule has 68 valence electrons. The molecule has 1 amide bonds. The average Bonchev–Trinajstić information content (AvgIpc) is 2.32. The fourth-order valence-electron chi connectivity index (χ4n) is 1.61. The van der Waals surface area contributed by atoms with Crippen molar-refractivity contribution < 1.29 is 9.59 Å². The van der Waals surface area contributed by atoms with Crippen LogP contribution in [0.4, 0.5) is 0 Å². The van der Waals surface area contributed by atoms with Gasteiger partial charge in [-0.2, -0.15) is 0 Å². The topological polar surface area (TPSA) is 72.2 Å². The Kier molecular flexibility index (Phi) is 2.19. The van der Waals surface area contributed by atoms with Crippen LogP contribution >= 0.6 is 0 Å². The van der Waals surface area contributed by atoms with Crippen LogP contribution in [0.15, 0.2) is 0 Å². The zero-order valence-electron chi connectivity index (χ0n) is 7.39. The molecule has 0 radical (unpaired) electrons. The maximum Gasteiger partial charge on any atom is 0.222 e. The van der Waals surface area contributed by atoms with Crippen molar-refractivity contribution in [1.29, 1.82) is 0 Å². The van der Waals surface area contributed by atoms with Crippen LogP contribution in [0.2, 0.25) is 0 Å². The lowest BCUT2D eigenvalue weighted by atomic mass is 9.76. The maximum absolute atomic E-state index is 11.2. The molecule has 2 atom stereocenters. The summed E-state index contributed by atoms with van der Waals surface area (Å²) in [6, 6.07) is 0. The fourth-order valence-corrected chi connectivity index (χ4v) is 1.61. The molecule has 4 heteroatoms. The summed E-state index contributed by atoms with van der Waals surface area (Å²) in [6.45, 7) is 4.36. The molecule has 0 bridgehead atoms. The first-order valence-corrected chi connectivity index (χ1v) is 3.99. The first kappa shape index (κ1) is 9.19. The number of carbonyl (C=O) groups is 2. The fraction of sp³-hybridized carbons (Fsp3) is 0.750. The third-order valence-electron chi connectivity index (χ3n) is 2.76. The van der Waals surface area contributed by atoms with Gasteiger partial charge in [-0.15, -0.1) is 0 Å². The van der Waals surface area contributed by atoms with Gasteiger partial charge in [-0.1, -0.05) is 6.92 Å². The van der Waals surface area contributed by atoms with Gasteiger partial charge in [0, 0.05) is 13.1 Å². The normalized spacial score (nSPS) is 35.0. The smallest absolute Gasteiger partial charge is 0.222 e. The van der Waals surface area contributed by atoms with Gasteiger partial charge >= 0.3 is 0 Å². The highest BCUT2D eigenvalue weighted by molar-refractivity contribution is 5.90. The van der Waals surface area contributed by atoms with Crippen molar-refractivity contribution in [2.45, 2.75) is 13.8 Å². The second-order valence-electron chi connectivity index (χ2n) is 3.56. The molecule has 1 fully saturated rings. The van der Waals surface area contributed by atoms with E-state index in [9.17, 15) is 9.59 Å². The van der Waals surface area contributed by atoms with Crippen LogP contribution in [-0.4, -0.2) is 24.8 Å². The Morgan fingerprint density at radius 1 is 1.58 bits per heavy atom. The number of amides is 1. The van der Waals surface area contributed by atoms with Crippen LogP contribution in [0.3, 0.4) is 0 Å². The van der Waals surface area contributed by atoms with E-state index in [0.29, 0.717) is 13.1 Å². The van der Waals surface area contributed by atoms with Crippen LogP contribution in [-0.2, 0) is 9.59 Å². The van der Waals surface area contributed by atoms with Crippen molar-refractivity contribution in [3.63, 3.8) is 0 Å². The van der Waals surface area contributed by atoms with Crippen LogP contribution in [0.5, 0.6) is 0 Å². The molecule has 12 heavy (non-hydrogen) atoms. The standard InChI is InChI=1S/C8H14N2O2/c1-5(11)8(2)4-10-3-6(8)7(9)12/h6,10H,3-4H2,1-2H3,(H2,9,12)/t6-,8-/m0/s1. The summed E-state index contributed by atoms with van der Waals surface area (Å²) >= 11 is 0. The summed E-state index contributed by atoms with van der Waals surface area (Å²) < 4.78 is 0. The minimum atomic E-state index is -0.591. The van der Waals surface area contributed by atoms with Crippen LogP contribution < -0.4 is 11.1 Å². The number of ketones is 1. The molecule has 1 aliphatic rings. The minimum Gasteiger partial charge on any atom is -0.369 e. The Labute approximate surface area is 71.5 Å². The SMILES string of the molecule is CC(=O)[C@]1(C)CNC[C@H]1C(N)=O. The summed E-state index contributed by atoms with van der Waals surface area (Å²) in [5.41, 5.74) is 4.59. The average molecular weight is 170 g/mol. The molecule has 0 aliphatic carbocycles. The summed E-state index contributed by atoms with van der Waals surface area (Å²) in [7, 11) is 0. The molecular weight excluding hydrogens is 156 g/mol. The predicted molar refractivity (Wildman–Crippen MR) is 44.3 cm³/mol. The quantitative estimate of drug-likeness (QED) is 0.575. The number of hydrogen-bond donors (Lipinski definition) is 2. The highest BCUT2D eigenvalue weighted by Gasteiger charge is 2.45. The molecule has 0 aromatic heterocycles. The molecule has 1 aliphatic heterocycles. The molecule has 3 N–H and O–H groups in total. The third-order valence-corrected chi connectivity index (χ3v) is 2.76. The van der Waals surface area contributed by atoms with Gasteiger partial charge < -0.3 is 11.1 Å². The number of Topliss-reactive ketones (excluding diaryl/α,β-unsaturated/α-hetero) is 1. The van der Waals surface area contributed by atoms with Gasteiger partial charge in [-0.05, 0) is 6.92 Å². The predicted octanol–water partition coefficient (Wildman–Crippen LogP) is -0.714. The van der Waals surface area contributed by atoms with E-state index >= 15 is 0 Å². The van der Waals surface area contributed by atoms with Gasteiger partial charge in [0.05, 0.1) is 11.3 Å². The first-order valence-electron chi connectivity index (χ1n) is 3.99. The molecule has 4 nitrogen and oxygen atoms in total. The number of hydrogen-bond acceptors (Lipinski definition) is 3. The van der Waals surface area contributed by atoms with Crippen molar-refractivity contribution in [3.05, 3.63) is 0 Å². The van der Waals surface area contributed by atoms with Gasteiger partial charge in [0.1, 0.15) is 5.78 Å². The van der Waals surface area contributed by atoms with E-state index in [4.69, 9.17) is 5.73 Å². The molecule has 0 aromatic carbocycles. The number of rotatable bonds is 2. The number of carbonyl (C=O) groups excluding carboxylic acids is 2. The lowest BCUT2D eigenvalue weighted by Crippen LogP contribution is -2.41. The van der Waals surface area contributed by atoms with E-state index in [2.05, 4.69) is 5.32 Å². The van der Waals surface area contributed by atoms with Crippen LogP contribution in [0, 0.1) is 11.3 Å². The zero-order valence-corrected chi connectivity index (χ0v) is 7.39. The van der Waals surface area contributed by atoms with E-state index < -0.39 is 11.3 Å². The summed E-state index contributed by atoms with van der Waals surface area (Å²) in [5.74, 6) is -0.719. The monoisotopic (exact) mass is 170 g/mol. The van der Waals surface area contributed by atoms with Gasteiger partial charge in [0.15, 0.2) is 0 Å². The highest BCUT2D eigenvalue weighted by Crippen LogP contribution is 2.31. The molecule has 0 unspecified atom stereocenters. The molecular formula is C8H14N2O2. The lowest BCUT2D eigenvalue weighted by molar-refractivity contribution is -0.134. The minimum absolute atomic E-state index is 0.0244. The Morgan fingerprint density at radius 2 is 2.17 bits per heavy atom. The molecule has 1 saturated heterocycles. The van der Waals surface area contributed by atoms with Crippen LogP contribution in [0.1, 0.15) is 13.8 Å². The van der Waals surface area contributed by atoms with Crippen molar-refractivity contribution in [1.82, 2.24) is 5.32 Å². The molecule has 0 aromatic rings.